The molecule has 2 rings (SSSR count). The molecule has 2 aliphatic rings. The van der Waals surface area contributed by atoms with Crippen LogP contribution >= 0.6 is 0 Å². The fourth-order valence-corrected chi connectivity index (χ4v) is 4.26. The molecule has 0 saturated heterocycles. The molecule has 2 nitrogen and oxygen atoms in total. The minimum absolute atomic E-state index is 0.624. The molecule has 0 radical (unpaired) electrons. The van der Waals surface area contributed by atoms with Gasteiger partial charge < -0.3 is 10.6 Å². The molecule has 0 bridgehead atoms. The molecule has 3 unspecified atom stereocenters. The van der Waals surface area contributed by atoms with Gasteiger partial charge in [0, 0.05) is 24.2 Å². The molecule has 0 spiro atoms. The molecule has 0 aliphatic heterocycles. The molecule has 24 heavy (non-hydrogen) atoms. The first-order chi connectivity index (χ1) is 11.3. The van der Waals surface area contributed by atoms with Gasteiger partial charge in [0.1, 0.15) is 0 Å². The Balaban J connectivity index is 1.66. The first-order valence-corrected chi connectivity index (χ1v) is 10.9. The Morgan fingerprint density at radius 3 is 1.71 bits per heavy atom. The van der Waals surface area contributed by atoms with Gasteiger partial charge in [0.05, 0.1) is 0 Å². The number of hydrogen-bond donors (Lipinski definition) is 2. The summed E-state index contributed by atoms with van der Waals surface area (Å²) in [5, 5.41) is 7.79. The average Bonchev–Trinajstić information content (AvgIpc) is 3.36. The summed E-state index contributed by atoms with van der Waals surface area (Å²) >= 11 is 0. The third-order valence-corrected chi connectivity index (χ3v) is 5.90. The molecule has 2 aliphatic carbocycles. The second-order valence-electron chi connectivity index (χ2n) is 9.82. The van der Waals surface area contributed by atoms with Crippen molar-refractivity contribution in [2.24, 2.45) is 23.7 Å². The van der Waals surface area contributed by atoms with Crippen LogP contribution in [-0.4, -0.2) is 24.2 Å². The Hall–Kier alpha value is -0.0800. The maximum atomic E-state index is 3.97. The summed E-state index contributed by atoms with van der Waals surface area (Å²) in [5.74, 6) is 3.60. The molecule has 2 fully saturated rings. The highest BCUT2D eigenvalue weighted by molar-refractivity contribution is 4.90. The van der Waals surface area contributed by atoms with Crippen LogP contribution in [0.3, 0.4) is 0 Å². The van der Waals surface area contributed by atoms with Gasteiger partial charge in [-0.2, -0.15) is 0 Å². The zero-order chi connectivity index (χ0) is 17.7. The number of rotatable bonds is 13. The van der Waals surface area contributed by atoms with Gasteiger partial charge >= 0.3 is 0 Å². The molecule has 2 N–H and O–H groups in total. The van der Waals surface area contributed by atoms with Crippen LogP contribution in [0, 0.1) is 23.7 Å². The van der Waals surface area contributed by atoms with Crippen LogP contribution in [0.15, 0.2) is 0 Å². The SMILES string of the molecule is CC(C)C[C@H](NC(C)CCC(C)CC(NC(C)C)C1CC1)C1CC1. The predicted octanol–water partition coefficient (Wildman–Crippen LogP) is 5.37. The Labute approximate surface area is 151 Å². The van der Waals surface area contributed by atoms with Gasteiger partial charge in [-0.3, -0.25) is 0 Å². The van der Waals surface area contributed by atoms with Crippen LogP contribution in [0.1, 0.15) is 92.9 Å². The molecule has 0 amide bonds. The summed E-state index contributed by atoms with van der Waals surface area (Å²) in [6, 6.07) is 2.84. The quantitative estimate of drug-likeness (QED) is 0.472. The van der Waals surface area contributed by atoms with Crippen LogP contribution in [0.2, 0.25) is 0 Å². The largest absolute Gasteiger partial charge is 0.311 e. The topological polar surface area (TPSA) is 24.1 Å². The summed E-state index contributed by atoms with van der Waals surface area (Å²) in [4.78, 5) is 0. The number of hydrogen-bond acceptors (Lipinski definition) is 2. The molecule has 0 aromatic carbocycles. The van der Waals surface area contributed by atoms with E-state index in [1.807, 2.05) is 0 Å². The van der Waals surface area contributed by atoms with Crippen molar-refractivity contribution in [2.45, 2.75) is 117 Å². The molecule has 0 heterocycles. The van der Waals surface area contributed by atoms with Crippen molar-refractivity contribution in [3.05, 3.63) is 0 Å². The minimum Gasteiger partial charge on any atom is -0.311 e. The van der Waals surface area contributed by atoms with Crippen LogP contribution in [0.4, 0.5) is 0 Å². The van der Waals surface area contributed by atoms with Crippen molar-refractivity contribution in [1.82, 2.24) is 10.6 Å². The minimum atomic E-state index is 0.624. The lowest BCUT2D eigenvalue weighted by molar-refractivity contribution is 0.304. The maximum Gasteiger partial charge on any atom is 0.0100 e. The van der Waals surface area contributed by atoms with E-state index in [1.54, 1.807) is 0 Å². The summed E-state index contributed by atoms with van der Waals surface area (Å²) in [6.07, 6.45) is 11.2. The lowest BCUT2D eigenvalue weighted by atomic mass is 9.92. The second kappa shape index (κ2) is 9.57. The molecular weight excluding hydrogens is 292 g/mol. The van der Waals surface area contributed by atoms with Crippen LogP contribution in [0.5, 0.6) is 0 Å². The molecule has 0 aromatic heterocycles. The summed E-state index contributed by atoms with van der Waals surface area (Å²) in [6.45, 7) is 14.2. The van der Waals surface area contributed by atoms with E-state index in [0.717, 1.165) is 35.8 Å². The van der Waals surface area contributed by atoms with E-state index in [0.29, 0.717) is 12.1 Å². The molecule has 0 aromatic rings. The third kappa shape index (κ3) is 7.87. The van der Waals surface area contributed by atoms with Gasteiger partial charge in [0.2, 0.25) is 0 Å². The highest BCUT2D eigenvalue weighted by Crippen LogP contribution is 2.37. The third-order valence-electron chi connectivity index (χ3n) is 5.90. The first-order valence-electron chi connectivity index (χ1n) is 10.9. The van der Waals surface area contributed by atoms with Crippen LogP contribution in [-0.2, 0) is 0 Å². The van der Waals surface area contributed by atoms with Gasteiger partial charge in [-0.05, 0) is 82.0 Å². The van der Waals surface area contributed by atoms with Crippen molar-refractivity contribution in [1.29, 1.82) is 0 Å². The van der Waals surface area contributed by atoms with E-state index in [4.69, 9.17) is 0 Å². The predicted molar refractivity (Wildman–Crippen MR) is 106 cm³/mol. The van der Waals surface area contributed by atoms with Crippen molar-refractivity contribution >= 4 is 0 Å². The molecule has 142 valence electrons. The zero-order valence-corrected chi connectivity index (χ0v) is 17.3. The van der Waals surface area contributed by atoms with E-state index in [-0.39, 0.29) is 0 Å². The van der Waals surface area contributed by atoms with E-state index >= 15 is 0 Å². The Bertz CT molecular complexity index is 310. The van der Waals surface area contributed by atoms with Crippen molar-refractivity contribution in [2.75, 3.05) is 0 Å². The van der Waals surface area contributed by atoms with Gasteiger partial charge in [0.25, 0.3) is 0 Å². The zero-order valence-electron chi connectivity index (χ0n) is 17.3. The summed E-state index contributed by atoms with van der Waals surface area (Å²) in [7, 11) is 0. The Morgan fingerprint density at radius 2 is 1.25 bits per heavy atom. The van der Waals surface area contributed by atoms with Gasteiger partial charge in [-0.1, -0.05) is 34.6 Å². The van der Waals surface area contributed by atoms with E-state index < -0.39 is 0 Å². The van der Waals surface area contributed by atoms with Crippen molar-refractivity contribution in [3.8, 4) is 0 Å². The van der Waals surface area contributed by atoms with Gasteiger partial charge in [0.15, 0.2) is 0 Å². The monoisotopic (exact) mass is 336 g/mol. The second-order valence-corrected chi connectivity index (χ2v) is 9.82. The molecular formula is C22H44N2. The van der Waals surface area contributed by atoms with E-state index in [1.165, 1.54) is 51.4 Å². The van der Waals surface area contributed by atoms with E-state index in [9.17, 15) is 0 Å². The Kier molecular flexibility index (Phi) is 8.07. The fraction of sp³-hybridized carbons (Fsp3) is 1.00. The van der Waals surface area contributed by atoms with E-state index in [2.05, 4.69) is 52.2 Å². The number of nitrogens with one attached hydrogen (secondary N) is 2. The normalized spacial score (nSPS) is 23.5. The van der Waals surface area contributed by atoms with Gasteiger partial charge in [-0.25, -0.2) is 0 Å². The van der Waals surface area contributed by atoms with Crippen molar-refractivity contribution in [3.63, 3.8) is 0 Å². The fourth-order valence-electron chi connectivity index (χ4n) is 4.26. The van der Waals surface area contributed by atoms with Crippen molar-refractivity contribution < 1.29 is 0 Å². The van der Waals surface area contributed by atoms with Crippen LogP contribution in [0.25, 0.3) is 0 Å². The maximum absolute atomic E-state index is 3.97. The van der Waals surface area contributed by atoms with Crippen LogP contribution < -0.4 is 10.6 Å². The smallest absolute Gasteiger partial charge is 0.0100 e. The molecule has 2 saturated carbocycles. The first kappa shape index (κ1) is 20.2. The van der Waals surface area contributed by atoms with Gasteiger partial charge in [-0.15, -0.1) is 0 Å². The molecule has 4 atom stereocenters. The lowest BCUT2D eigenvalue weighted by Crippen LogP contribution is -2.39. The molecule has 2 heteroatoms. The highest BCUT2D eigenvalue weighted by atomic mass is 15.0. The highest BCUT2D eigenvalue weighted by Gasteiger charge is 2.33. The standard InChI is InChI=1S/C22H44N2/c1-15(2)13-21(19-9-10-19)24-18(6)8-7-17(5)14-22(20-11-12-20)23-16(3)4/h15-24H,7-14H2,1-6H3/t17?,18?,21-,22?/m0/s1. The average molecular weight is 337 g/mol. The summed E-state index contributed by atoms with van der Waals surface area (Å²) < 4.78 is 0. The Morgan fingerprint density at radius 1 is 0.708 bits per heavy atom. The lowest BCUT2D eigenvalue weighted by Gasteiger charge is -2.27. The summed E-state index contributed by atoms with van der Waals surface area (Å²) in [5.41, 5.74) is 0.